The molecule has 3 amide bonds. The van der Waals surface area contributed by atoms with E-state index in [0.717, 1.165) is 0 Å². The molecule has 0 unspecified atom stereocenters. The van der Waals surface area contributed by atoms with Gasteiger partial charge in [0.1, 0.15) is 0 Å². The van der Waals surface area contributed by atoms with E-state index in [-0.39, 0.29) is 30.7 Å². The van der Waals surface area contributed by atoms with Gasteiger partial charge in [0.25, 0.3) is 0 Å². The third-order valence-corrected chi connectivity index (χ3v) is 3.12. The van der Waals surface area contributed by atoms with Crippen molar-refractivity contribution in [2.75, 3.05) is 19.6 Å². The van der Waals surface area contributed by atoms with Gasteiger partial charge in [-0.2, -0.15) is 13.2 Å². The van der Waals surface area contributed by atoms with Crippen LogP contribution in [0.1, 0.15) is 46.0 Å². The molecule has 24 heavy (non-hydrogen) atoms. The molecular formula is C15H26F3N3O3. The summed E-state index contributed by atoms with van der Waals surface area (Å²) in [5.74, 6) is -2.17. The average molecular weight is 353 g/mol. The van der Waals surface area contributed by atoms with Crippen molar-refractivity contribution < 1.29 is 27.6 Å². The Bertz CT molecular complexity index is 413. The molecule has 0 aromatic heterocycles. The van der Waals surface area contributed by atoms with Crippen molar-refractivity contribution in [2.24, 2.45) is 5.92 Å². The molecule has 0 bridgehead atoms. The van der Waals surface area contributed by atoms with Gasteiger partial charge in [-0.1, -0.05) is 20.3 Å². The van der Waals surface area contributed by atoms with E-state index in [0.29, 0.717) is 38.8 Å². The van der Waals surface area contributed by atoms with Gasteiger partial charge in [0.05, 0.1) is 0 Å². The molecule has 0 aliphatic heterocycles. The molecule has 3 N–H and O–H groups in total. The van der Waals surface area contributed by atoms with Crippen LogP contribution in [0.2, 0.25) is 0 Å². The highest BCUT2D eigenvalue weighted by atomic mass is 19.4. The zero-order valence-electron chi connectivity index (χ0n) is 14.1. The van der Waals surface area contributed by atoms with E-state index in [1.165, 1.54) is 0 Å². The molecule has 0 aliphatic carbocycles. The summed E-state index contributed by atoms with van der Waals surface area (Å²) in [6.07, 6.45) is -2.46. The Morgan fingerprint density at radius 1 is 0.833 bits per heavy atom. The first-order valence-electron chi connectivity index (χ1n) is 8.04. The van der Waals surface area contributed by atoms with E-state index < -0.39 is 12.1 Å². The van der Waals surface area contributed by atoms with Crippen molar-refractivity contribution in [2.45, 2.75) is 52.1 Å². The Hall–Kier alpha value is -1.80. The summed E-state index contributed by atoms with van der Waals surface area (Å²) in [4.78, 5) is 33.3. The third-order valence-electron chi connectivity index (χ3n) is 3.12. The Labute approximate surface area is 139 Å². The first-order chi connectivity index (χ1) is 11.1. The van der Waals surface area contributed by atoms with Crippen LogP contribution in [0, 0.1) is 5.92 Å². The van der Waals surface area contributed by atoms with Crippen molar-refractivity contribution in [3.8, 4) is 0 Å². The van der Waals surface area contributed by atoms with Gasteiger partial charge in [-0.05, 0) is 19.3 Å². The number of hydrogen-bond donors (Lipinski definition) is 3. The van der Waals surface area contributed by atoms with Crippen LogP contribution in [0.4, 0.5) is 13.2 Å². The lowest BCUT2D eigenvalue weighted by Gasteiger charge is -2.09. The maximum Gasteiger partial charge on any atom is 0.471 e. The number of carbonyl (C=O) groups is 3. The number of rotatable bonds is 11. The normalized spacial score (nSPS) is 11.2. The molecule has 6 nitrogen and oxygen atoms in total. The maximum atomic E-state index is 11.9. The van der Waals surface area contributed by atoms with Crippen LogP contribution in [0.25, 0.3) is 0 Å². The molecule has 0 spiro atoms. The number of hydrogen-bond acceptors (Lipinski definition) is 3. The summed E-state index contributed by atoms with van der Waals surface area (Å²) in [6.45, 7) is 4.49. The predicted octanol–water partition coefficient (Wildman–Crippen LogP) is 1.50. The largest absolute Gasteiger partial charge is 0.471 e. The van der Waals surface area contributed by atoms with Crippen molar-refractivity contribution in [3.63, 3.8) is 0 Å². The van der Waals surface area contributed by atoms with Crippen LogP contribution < -0.4 is 16.0 Å². The second-order valence-electron chi connectivity index (χ2n) is 5.71. The molecular weight excluding hydrogens is 327 g/mol. The quantitative estimate of drug-likeness (QED) is 0.492. The predicted molar refractivity (Wildman–Crippen MR) is 83.0 cm³/mol. The van der Waals surface area contributed by atoms with Crippen LogP contribution >= 0.6 is 0 Å². The fourth-order valence-electron chi connectivity index (χ4n) is 1.71. The molecule has 0 saturated carbocycles. The Kier molecular flexibility index (Phi) is 10.8. The highest BCUT2D eigenvalue weighted by Crippen LogP contribution is 2.14. The first-order valence-corrected chi connectivity index (χ1v) is 8.04. The summed E-state index contributed by atoms with van der Waals surface area (Å²) in [7, 11) is 0. The lowest BCUT2D eigenvalue weighted by molar-refractivity contribution is -0.173. The molecule has 0 radical (unpaired) electrons. The SMILES string of the molecule is CC(C)C(=O)NCCCNC(=O)CCCCCNC(=O)C(F)(F)F. The van der Waals surface area contributed by atoms with Crippen molar-refractivity contribution in [1.29, 1.82) is 0 Å². The van der Waals surface area contributed by atoms with Crippen LogP contribution in [0.3, 0.4) is 0 Å². The third kappa shape index (κ3) is 11.7. The van der Waals surface area contributed by atoms with Gasteiger partial charge < -0.3 is 16.0 Å². The smallest absolute Gasteiger partial charge is 0.356 e. The molecule has 140 valence electrons. The summed E-state index contributed by atoms with van der Waals surface area (Å²) in [6, 6.07) is 0. The number of unbranched alkanes of at least 4 members (excludes halogenated alkanes) is 2. The standard InChI is InChI=1S/C15H26F3N3O3/c1-11(2)13(23)20-10-6-9-19-12(22)7-4-3-5-8-21-14(24)15(16,17)18/h11H,3-10H2,1-2H3,(H,19,22)(H,20,23)(H,21,24). The highest BCUT2D eigenvalue weighted by Gasteiger charge is 2.38. The molecule has 0 aromatic rings. The van der Waals surface area contributed by atoms with E-state index in [9.17, 15) is 27.6 Å². The maximum absolute atomic E-state index is 11.9. The van der Waals surface area contributed by atoms with E-state index in [4.69, 9.17) is 0 Å². The topological polar surface area (TPSA) is 87.3 Å². The molecule has 0 aromatic carbocycles. The Morgan fingerprint density at radius 3 is 2.00 bits per heavy atom. The highest BCUT2D eigenvalue weighted by molar-refractivity contribution is 5.81. The van der Waals surface area contributed by atoms with Crippen LogP contribution in [0.5, 0.6) is 0 Å². The molecule has 9 heteroatoms. The van der Waals surface area contributed by atoms with Crippen molar-refractivity contribution in [1.82, 2.24) is 16.0 Å². The van der Waals surface area contributed by atoms with Gasteiger partial charge in [0.2, 0.25) is 11.8 Å². The monoisotopic (exact) mass is 353 g/mol. The van der Waals surface area contributed by atoms with Crippen LogP contribution in [-0.4, -0.2) is 43.5 Å². The van der Waals surface area contributed by atoms with Gasteiger partial charge in [-0.25, -0.2) is 0 Å². The molecule has 0 fully saturated rings. The Balaban J connectivity index is 3.48. The number of alkyl halides is 3. The first kappa shape index (κ1) is 22.2. The minimum absolute atomic E-state index is 0.0288. The minimum Gasteiger partial charge on any atom is -0.356 e. The van der Waals surface area contributed by atoms with Gasteiger partial charge in [0.15, 0.2) is 0 Å². The van der Waals surface area contributed by atoms with E-state index in [2.05, 4.69) is 10.6 Å². The zero-order chi connectivity index (χ0) is 18.6. The number of nitrogens with one attached hydrogen (secondary N) is 3. The summed E-state index contributed by atoms with van der Waals surface area (Å²) in [5.41, 5.74) is 0. The van der Waals surface area contributed by atoms with E-state index >= 15 is 0 Å². The van der Waals surface area contributed by atoms with Gasteiger partial charge in [-0.15, -0.1) is 0 Å². The molecule has 0 atom stereocenters. The molecule has 0 heterocycles. The van der Waals surface area contributed by atoms with E-state index in [1.807, 2.05) is 0 Å². The van der Waals surface area contributed by atoms with Crippen molar-refractivity contribution >= 4 is 17.7 Å². The van der Waals surface area contributed by atoms with Gasteiger partial charge in [0, 0.05) is 32.0 Å². The second-order valence-corrected chi connectivity index (χ2v) is 5.71. The summed E-state index contributed by atoms with van der Waals surface area (Å²) < 4.78 is 35.7. The fraction of sp³-hybridized carbons (Fsp3) is 0.800. The van der Waals surface area contributed by atoms with Crippen molar-refractivity contribution in [3.05, 3.63) is 0 Å². The molecule has 0 rings (SSSR count). The zero-order valence-corrected chi connectivity index (χ0v) is 14.1. The van der Waals surface area contributed by atoms with Gasteiger partial charge in [-0.3, -0.25) is 14.4 Å². The lowest BCUT2D eigenvalue weighted by Crippen LogP contribution is -2.37. The lowest BCUT2D eigenvalue weighted by atomic mass is 10.2. The van der Waals surface area contributed by atoms with Crippen LogP contribution in [0.15, 0.2) is 0 Å². The van der Waals surface area contributed by atoms with Gasteiger partial charge >= 0.3 is 12.1 Å². The number of halogens is 3. The Morgan fingerprint density at radius 2 is 1.42 bits per heavy atom. The fourth-order valence-corrected chi connectivity index (χ4v) is 1.71. The summed E-state index contributed by atoms with van der Waals surface area (Å²) >= 11 is 0. The summed E-state index contributed by atoms with van der Waals surface area (Å²) in [5, 5.41) is 7.22. The minimum atomic E-state index is -4.85. The van der Waals surface area contributed by atoms with E-state index in [1.54, 1.807) is 19.2 Å². The number of carbonyl (C=O) groups excluding carboxylic acids is 3. The van der Waals surface area contributed by atoms with Crippen LogP contribution in [-0.2, 0) is 14.4 Å². The molecule has 0 aliphatic rings. The second kappa shape index (κ2) is 11.7. The molecule has 0 saturated heterocycles. The average Bonchev–Trinajstić information content (AvgIpc) is 2.48. The number of amides is 3.